The highest BCUT2D eigenvalue weighted by Crippen LogP contribution is 2.17. The van der Waals surface area contributed by atoms with Crippen LogP contribution in [0.2, 0.25) is 0 Å². The number of aliphatic imine (C=N–C) groups is 1. The molecular weight excluding hydrogens is 455 g/mol. The first-order chi connectivity index (χ1) is 12.7. The summed E-state index contributed by atoms with van der Waals surface area (Å²) in [6.45, 7) is 5.93. The first-order valence-electron chi connectivity index (χ1n) is 9.66. The van der Waals surface area contributed by atoms with Gasteiger partial charge in [-0.3, -0.25) is 4.79 Å². The van der Waals surface area contributed by atoms with Crippen molar-refractivity contribution in [3.63, 3.8) is 0 Å². The summed E-state index contributed by atoms with van der Waals surface area (Å²) >= 11 is 0. The van der Waals surface area contributed by atoms with Crippen LogP contribution in [0.5, 0.6) is 5.75 Å². The lowest BCUT2D eigenvalue weighted by atomic mass is 10.2. The molecule has 6 nitrogen and oxygen atoms in total. The topological polar surface area (TPSA) is 66.0 Å². The van der Waals surface area contributed by atoms with Gasteiger partial charge in [0.25, 0.3) is 0 Å². The molecule has 2 rings (SSSR count). The lowest BCUT2D eigenvalue weighted by Gasteiger charge is -2.20. The van der Waals surface area contributed by atoms with Crippen LogP contribution in [0, 0.1) is 0 Å². The van der Waals surface area contributed by atoms with Crippen molar-refractivity contribution in [2.75, 3.05) is 33.3 Å². The predicted molar refractivity (Wildman–Crippen MR) is 121 cm³/mol. The number of hydrogen-bond acceptors (Lipinski definition) is 3. The Balaban J connectivity index is 0.00000364. The van der Waals surface area contributed by atoms with Gasteiger partial charge in [-0.2, -0.15) is 0 Å². The second kappa shape index (κ2) is 13.6. The molecule has 0 atom stereocenters. The van der Waals surface area contributed by atoms with Gasteiger partial charge >= 0.3 is 0 Å². The molecule has 0 spiro atoms. The summed E-state index contributed by atoms with van der Waals surface area (Å²) in [7, 11) is 1.68. The predicted octanol–water partition coefficient (Wildman–Crippen LogP) is 3.16. The number of nitrogens with one attached hydrogen (secondary N) is 2. The van der Waals surface area contributed by atoms with Crippen molar-refractivity contribution >= 4 is 35.8 Å². The second-order valence-electron chi connectivity index (χ2n) is 6.48. The monoisotopic (exact) mass is 488 g/mol. The van der Waals surface area contributed by atoms with E-state index in [1.807, 2.05) is 29.2 Å². The average molecular weight is 488 g/mol. The summed E-state index contributed by atoms with van der Waals surface area (Å²) in [5, 5.41) is 6.62. The summed E-state index contributed by atoms with van der Waals surface area (Å²) in [4.78, 5) is 18.7. The number of halogens is 1. The number of guanidine groups is 1. The van der Waals surface area contributed by atoms with Gasteiger partial charge in [-0.1, -0.05) is 24.6 Å². The van der Waals surface area contributed by atoms with E-state index in [-0.39, 0.29) is 24.0 Å². The molecule has 1 aliphatic heterocycles. The molecule has 7 heteroatoms. The number of benzene rings is 1. The minimum atomic E-state index is 0. The van der Waals surface area contributed by atoms with Gasteiger partial charge in [-0.25, -0.2) is 4.99 Å². The Morgan fingerprint density at radius 1 is 1.22 bits per heavy atom. The van der Waals surface area contributed by atoms with Gasteiger partial charge in [0.05, 0.1) is 13.7 Å². The van der Waals surface area contributed by atoms with Crippen molar-refractivity contribution in [3.05, 3.63) is 29.8 Å². The number of rotatable bonds is 8. The molecule has 1 fully saturated rings. The molecule has 1 aromatic carbocycles. The highest BCUT2D eigenvalue weighted by Gasteiger charge is 2.15. The van der Waals surface area contributed by atoms with Crippen LogP contribution < -0.4 is 15.4 Å². The quantitative estimate of drug-likeness (QED) is 0.256. The number of methoxy groups -OCH3 is 1. The molecule has 1 aliphatic rings. The van der Waals surface area contributed by atoms with Crippen LogP contribution in [0.25, 0.3) is 0 Å². The van der Waals surface area contributed by atoms with Gasteiger partial charge in [-0.15, -0.1) is 24.0 Å². The molecular formula is C20H33IN4O2. The minimum absolute atomic E-state index is 0. The number of carbonyl (C=O) groups is 1. The summed E-state index contributed by atoms with van der Waals surface area (Å²) in [5.41, 5.74) is 1.06. The maximum atomic E-state index is 12.0. The zero-order valence-electron chi connectivity index (χ0n) is 16.5. The highest BCUT2D eigenvalue weighted by molar-refractivity contribution is 14.0. The van der Waals surface area contributed by atoms with Crippen molar-refractivity contribution in [2.24, 2.45) is 4.99 Å². The fourth-order valence-electron chi connectivity index (χ4n) is 3.09. The Kier molecular flexibility index (Phi) is 11.9. The van der Waals surface area contributed by atoms with Crippen molar-refractivity contribution in [3.8, 4) is 5.75 Å². The van der Waals surface area contributed by atoms with Crippen LogP contribution >= 0.6 is 24.0 Å². The van der Waals surface area contributed by atoms with E-state index >= 15 is 0 Å². The van der Waals surface area contributed by atoms with E-state index in [4.69, 9.17) is 4.74 Å². The fourth-order valence-corrected chi connectivity index (χ4v) is 3.09. The van der Waals surface area contributed by atoms with Crippen LogP contribution in [-0.2, 0) is 11.3 Å². The van der Waals surface area contributed by atoms with Gasteiger partial charge in [0.2, 0.25) is 5.91 Å². The number of nitrogens with zero attached hydrogens (tertiary/aromatic N) is 2. The summed E-state index contributed by atoms with van der Waals surface area (Å²) in [6.07, 6.45) is 4.96. The standard InChI is InChI=1S/C20H32N4O2.HI/c1-3-21-20(23-16-17-10-6-7-11-18(17)26-2)22-13-9-15-24-14-8-4-5-12-19(24)25;/h6-7,10-11H,3-5,8-9,12-16H2,1-2H3,(H2,21,22,23);1H. The molecule has 0 aromatic heterocycles. The number of ether oxygens (including phenoxy) is 1. The Labute approximate surface area is 180 Å². The molecule has 1 heterocycles. The molecule has 0 aliphatic carbocycles. The SMILES string of the molecule is CCNC(=NCc1ccccc1OC)NCCCN1CCCCCC1=O.I. The van der Waals surface area contributed by atoms with Crippen molar-refractivity contribution in [1.82, 2.24) is 15.5 Å². The molecule has 1 saturated heterocycles. The summed E-state index contributed by atoms with van der Waals surface area (Å²) in [5.74, 6) is 1.95. The van der Waals surface area contributed by atoms with E-state index < -0.39 is 0 Å². The Hall–Kier alpha value is -1.51. The smallest absolute Gasteiger partial charge is 0.222 e. The third-order valence-corrected chi connectivity index (χ3v) is 4.51. The van der Waals surface area contributed by atoms with Gasteiger partial charge in [0, 0.05) is 38.2 Å². The van der Waals surface area contributed by atoms with Crippen molar-refractivity contribution < 1.29 is 9.53 Å². The number of para-hydroxylation sites is 1. The van der Waals surface area contributed by atoms with Gasteiger partial charge in [-0.05, 0) is 32.3 Å². The van der Waals surface area contributed by atoms with E-state index in [9.17, 15) is 4.79 Å². The van der Waals surface area contributed by atoms with Crippen LogP contribution in [0.3, 0.4) is 0 Å². The summed E-state index contributed by atoms with van der Waals surface area (Å²) in [6, 6.07) is 7.92. The minimum Gasteiger partial charge on any atom is -0.496 e. The van der Waals surface area contributed by atoms with Crippen LogP contribution in [0.15, 0.2) is 29.3 Å². The fraction of sp³-hybridized carbons (Fsp3) is 0.600. The second-order valence-corrected chi connectivity index (χ2v) is 6.48. The third kappa shape index (κ3) is 8.36. The van der Waals surface area contributed by atoms with Gasteiger partial charge < -0.3 is 20.3 Å². The van der Waals surface area contributed by atoms with E-state index in [0.29, 0.717) is 18.9 Å². The number of likely N-dealkylation sites (tertiary alicyclic amines) is 1. The Bertz CT molecular complexity index is 595. The molecule has 0 bridgehead atoms. The van der Waals surface area contributed by atoms with Crippen molar-refractivity contribution in [2.45, 2.75) is 45.6 Å². The molecule has 0 saturated carbocycles. The lowest BCUT2D eigenvalue weighted by molar-refractivity contribution is -0.130. The molecule has 0 radical (unpaired) electrons. The summed E-state index contributed by atoms with van der Waals surface area (Å²) < 4.78 is 5.38. The highest BCUT2D eigenvalue weighted by atomic mass is 127. The van der Waals surface area contributed by atoms with Crippen LogP contribution in [0.4, 0.5) is 0 Å². The largest absolute Gasteiger partial charge is 0.496 e. The molecule has 27 heavy (non-hydrogen) atoms. The van der Waals surface area contributed by atoms with Crippen LogP contribution in [-0.4, -0.2) is 50.1 Å². The number of amides is 1. The average Bonchev–Trinajstić information content (AvgIpc) is 2.87. The normalized spacial score (nSPS) is 15.0. The molecule has 2 N–H and O–H groups in total. The van der Waals surface area contributed by atoms with E-state index in [2.05, 4.69) is 22.5 Å². The zero-order chi connectivity index (χ0) is 18.6. The number of carbonyl (C=O) groups excluding carboxylic acids is 1. The van der Waals surface area contributed by atoms with E-state index in [1.54, 1.807) is 7.11 Å². The zero-order valence-corrected chi connectivity index (χ0v) is 18.8. The molecule has 1 amide bonds. The van der Waals surface area contributed by atoms with Gasteiger partial charge in [0.15, 0.2) is 5.96 Å². The third-order valence-electron chi connectivity index (χ3n) is 4.51. The maximum Gasteiger partial charge on any atom is 0.222 e. The Morgan fingerprint density at radius 3 is 2.81 bits per heavy atom. The van der Waals surface area contributed by atoms with Crippen LogP contribution in [0.1, 0.15) is 44.6 Å². The Morgan fingerprint density at radius 2 is 2.04 bits per heavy atom. The van der Waals surface area contributed by atoms with Crippen molar-refractivity contribution in [1.29, 1.82) is 0 Å². The van der Waals surface area contributed by atoms with E-state index in [0.717, 1.165) is 62.7 Å². The molecule has 152 valence electrons. The molecule has 1 aromatic rings. The molecule has 0 unspecified atom stereocenters. The first-order valence-corrected chi connectivity index (χ1v) is 9.66. The maximum absolute atomic E-state index is 12.0. The number of hydrogen-bond donors (Lipinski definition) is 2. The van der Waals surface area contributed by atoms with E-state index in [1.165, 1.54) is 6.42 Å². The van der Waals surface area contributed by atoms with Gasteiger partial charge in [0.1, 0.15) is 5.75 Å². The lowest BCUT2D eigenvalue weighted by Crippen LogP contribution is -2.39. The first kappa shape index (κ1) is 23.5.